The number of nitrogens with zero attached hydrogens (tertiary/aromatic N) is 2. The zero-order valence-corrected chi connectivity index (χ0v) is 31.8. The molecule has 0 atom stereocenters. The van der Waals surface area contributed by atoms with Crippen LogP contribution in [0.2, 0.25) is 0 Å². The molecule has 0 bridgehead atoms. The fraction of sp³-hybridized carbons (Fsp3) is 0.778. The molecule has 0 aliphatic rings. The molecule has 0 amide bonds. The van der Waals surface area contributed by atoms with Crippen LogP contribution in [0.25, 0.3) is 0 Å². The van der Waals surface area contributed by atoms with Crippen LogP contribution < -0.4 is 9.13 Å². The topological polar surface area (TPSA) is 7.76 Å². The van der Waals surface area contributed by atoms with Gasteiger partial charge < -0.3 is 0 Å². The van der Waals surface area contributed by atoms with Crippen LogP contribution in [0.5, 0.6) is 0 Å². The van der Waals surface area contributed by atoms with Crippen molar-refractivity contribution in [3.63, 3.8) is 0 Å². The van der Waals surface area contributed by atoms with Crippen LogP contribution in [0.3, 0.4) is 0 Å². The summed E-state index contributed by atoms with van der Waals surface area (Å²) in [7, 11) is 0. The first-order valence-corrected chi connectivity index (χ1v) is 21.3. The first kappa shape index (κ1) is 41.5. The summed E-state index contributed by atoms with van der Waals surface area (Å²) in [5.41, 5.74) is 2.96. The zero-order chi connectivity index (χ0) is 33.3. The highest BCUT2D eigenvalue weighted by Crippen LogP contribution is 2.14. The van der Waals surface area contributed by atoms with Crippen molar-refractivity contribution in [3.8, 4) is 0 Å². The predicted molar refractivity (Wildman–Crippen MR) is 206 cm³/mol. The van der Waals surface area contributed by atoms with Crippen LogP contribution in [-0.4, -0.2) is 0 Å². The Kier molecular flexibility index (Phi) is 27.8. The van der Waals surface area contributed by atoms with Crippen LogP contribution in [0.4, 0.5) is 0 Å². The van der Waals surface area contributed by atoms with Crippen molar-refractivity contribution in [2.75, 3.05) is 0 Å². The lowest BCUT2D eigenvalue weighted by molar-refractivity contribution is -0.697. The zero-order valence-electron chi connectivity index (χ0n) is 31.8. The second kappa shape index (κ2) is 31.6. The molecule has 268 valence electrons. The minimum absolute atomic E-state index is 1.17. The molecule has 2 aromatic heterocycles. The van der Waals surface area contributed by atoms with Crippen LogP contribution in [0, 0.1) is 0 Å². The Morgan fingerprint density at radius 3 is 0.787 bits per heavy atom. The fourth-order valence-electron chi connectivity index (χ4n) is 7.08. The maximum absolute atomic E-state index is 2.39. The Hall–Kier alpha value is -1.70. The predicted octanol–water partition coefficient (Wildman–Crippen LogP) is 13.4. The smallest absolute Gasteiger partial charge is 0.169 e. The van der Waals surface area contributed by atoms with E-state index in [1.54, 1.807) is 0 Å². The lowest BCUT2D eigenvalue weighted by Gasteiger charge is -2.04. The third-order valence-electron chi connectivity index (χ3n) is 10.4. The van der Waals surface area contributed by atoms with E-state index in [0.717, 1.165) is 0 Å². The molecule has 2 nitrogen and oxygen atoms in total. The lowest BCUT2D eigenvalue weighted by Crippen LogP contribution is -2.32. The molecule has 0 radical (unpaired) electrons. The molecule has 0 unspecified atom stereocenters. The van der Waals surface area contributed by atoms with E-state index in [0.29, 0.717) is 0 Å². The van der Waals surface area contributed by atoms with E-state index in [9.17, 15) is 0 Å². The Morgan fingerprint density at radius 2 is 0.532 bits per heavy atom. The minimum Gasteiger partial charge on any atom is -0.205 e. The van der Waals surface area contributed by atoms with E-state index in [1.807, 2.05) is 0 Å². The van der Waals surface area contributed by atoms with Crippen molar-refractivity contribution in [1.29, 1.82) is 0 Å². The Bertz CT molecular complexity index is 827. The number of hydrogen-bond donors (Lipinski definition) is 0. The van der Waals surface area contributed by atoms with Gasteiger partial charge >= 0.3 is 0 Å². The molecule has 0 N–H and O–H groups in total. The summed E-state index contributed by atoms with van der Waals surface area (Å²) in [5.74, 6) is 0. The van der Waals surface area contributed by atoms with Crippen molar-refractivity contribution in [2.45, 2.75) is 226 Å². The molecule has 0 fully saturated rings. The molecular formula is C45H80N2+2. The SMILES string of the molecule is CCCCCCCCCCCCCCCC[n+]1ccc(CCCc2cc[n+](CCCCCCCCCCCCCCCC)cc2)cc1. The average Bonchev–Trinajstić information content (AvgIpc) is 3.10. The lowest BCUT2D eigenvalue weighted by atomic mass is 10.0. The number of pyridine rings is 2. The monoisotopic (exact) mass is 649 g/mol. The van der Waals surface area contributed by atoms with Gasteiger partial charge in [-0.15, -0.1) is 0 Å². The van der Waals surface area contributed by atoms with Gasteiger partial charge in [-0.1, -0.05) is 168 Å². The van der Waals surface area contributed by atoms with Gasteiger partial charge in [0.05, 0.1) is 0 Å². The van der Waals surface area contributed by atoms with E-state index in [-0.39, 0.29) is 0 Å². The summed E-state index contributed by atoms with van der Waals surface area (Å²) in [6.45, 7) is 6.94. The molecule has 2 rings (SSSR count). The largest absolute Gasteiger partial charge is 0.205 e. The summed E-state index contributed by atoms with van der Waals surface area (Å²) >= 11 is 0. The van der Waals surface area contributed by atoms with Crippen LogP contribution in [-0.2, 0) is 25.9 Å². The molecule has 2 heterocycles. The normalized spacial score (nSPS) is 11.4. The maximum atomic E-state index is 2.39. The molecular weight excluding hydrogens is 569 g/mol. The second-order valence-electron chi connectivity index (χ2n) is 14.9. The van der Waals surface area contributed by atoms with Crippen LogP contribution in [0.15, 0.2) is 49.1 Å². The molecule has 0 aliphatic heterocycles. The third kappa shape index (κ3) is 25.0. The maximum Gasteiger partial charge on any atom is 0.169 e. The van der Waals surface area contributed by atoms with Crippen molar-refractivity contribution in [1.82, 2.24) is 0 Å². The summed E-state index contributed by atoms with van der Waals surface area (Å²) in [5, 5.41) is 0. The van der Waals surface area contributed by atoms with E-state index < -0.39 is 0 Å². The van der Waals surface area contributed by atoms with Gasteiger partial charge in [0, 0.05) is 37.1 Å². The number of rotatable bonds is 34. The summed E-state index contributed by atoms with van der Waals surface area (Å²) in [6.07, 6.45) is 52.8. The van der Waals surface area contributed by atoms with E-state index in [4.69, 9.17) is 0 Å². The van der Waals surface area contributed by atoms with Gasteiger partial charge in [0.2, 0.25) is 0 Å². The van der Waals surface area contributed by atoms with Crippen molar-refractivity contribution in [3.05, 3.63) is 60.2 Å². The highest BCUT2D eigenvalue weighted by atomic mass is 14.9. The standard InChI is InChI=1S/C45H80N2/c1-3-5-7-9-11-13-15-17-19-21-23-25-27-29-38-46-40-34-44(35-41-46)32-31-33-45-36-42-47(43-37-45)39-30-28-26-24-22-20-18-16-14-12-10-8-6-4-2/h34-37,40-43H,3-33,38-39H2,1-2H3/q+2. The van der Waals surface area contributed by atoms with Gasteiger partial charge in [-0.05, 0) is 43.2 Å². The van der Waals surface area contributed by atoms with Gasteiger partial charge in [-0.2, -0.15) is 0 Å². The van der Waals surface area contributed by atoms with E-state index in [2.05, 4.69) is 72.0 Å². The first-order valence-electron chi connectivity index (χ1n) is 21.3. The summed E-state index contributed by atoms with van der Waals surface area (Å²) in [4.78, 5) is 0. The van der Waals surface area contributed by atoms with Gasteiger partial charge in [0.1, 0.15) is 13.1 Å². The van der Waals surface area contributed by atoms with Crippen LogP contribution >= 0.6 is 0 Å². The van der Waals surface area contributed by atoms with Gasteiger partial charge in [-0.25, -0.2) is 9.13 Å². The molecule has 0 saturated carbocycles. The molecule has 47 heavy (non-hydrogen) atoms. The summed E-state index contributed by atoms with van der Waals surface area (Å²) in [6, 6.07) is 9.39. The number of aromatic nitrogens is 2. The molecule has 2 aromatic rings. The Labute approximate surface area is 294 Å². The molecule has 0 aromatic carbocycles. The van der Waals surface area contributed by atoms with Crippen LogP contribution in [0.1, 0.15) is 211 Å². The fourth-order valence-corrected chi connectivity index (χ4v) is 7.08. The molecule has 0 aliphatic carbocycles. The third-order valence-corrected chi connectivity index (χ3v) is 10.4. The number of aryl methyl sites for hydroxylation is 4. The summed E-state index contributed by atoms with van der Waals surface area (Å²) < 4.78 is 4.77. The van der Waals surface area contributed by atoms with Gasteiger partial charge in [-0.3, -0.25) is 0 Å². The number of hydrogen-bond acceptors (Lipinski definition) is 0. The van der Waals surface area contributed by atoms with E-state index >= 15 is 0 Å². The van der Waals surface area contributed by atoms with Gasteiger partial charge in [0.25, 0.3) is 0 Å². The molecule has 0 saturated heterocycles. The van der Waals surface area contributed by atoms with Gasteiger partial charge in [0.15, 0.2) is 24.8 Å². The average molecular weight is 649 g/mol. The Morgan fingerprint density at radius 1 is 0.298 bits per heavy atom. The Balaban J connectivity index is 1.39. The van der Waals surface area contributed by atoms with Crippen molar-refractivity contribution < 1.29 is 9.13 Å². The van der Waals surface area contributed by atoms with Crippen molar-refractivity contribution in [2.24, 2.45) is 0 Å². The number of unbranched alkanes of at least 4 members (excludes halogenated alkanes) is 26. The second-order valence-corrected chi connectivity index (χ2v) is 14.9. The highest BCUT2D eigenvalue weighted by molar-refractivity contribution is 5.10. The first-order chi connectivity index (χ1) is 23.3. The molecule has 2 heteroatoms. The highest BCUT2D eigenvalue weighted by Gasteiger charge is 2.05. The minimum atomic E-state index is 1.17. The molecule has 0 spiro atoms. The van der Waals surface area contributed by atoms with E-state index in [1.165, 1.54) is 223 Å². The quantitative estimate of drug-likeness (QED) is 0.0527. The van der Waals surface area contributed by atoms with Crippen molar-refractivity contribution >= 4 is 0 Å².